The summed E-state index contributed by atoms with van der Waals surface area (Å²) in [6, 6.07) is 4.81. The van der Waals surface area contributed by atoms with Crippen LogP contribution in [-0.4, -0.2) is 17.6 Å². The van der Waals surface area contributed by atoms with Crippen molar-refractivity contribution in [2.75, 3.05) is 6.61 Å². The van der Waals surface area contributed by atoms with Gasteiger partial charge in [-0.3, -0.25) is 9.59 Å². The number of ketones is 1. The maximum atomic E-state index is 11.4. The summed E-state index contributed by atoms with van der Waals surface area (Å²) in [5.74, 6) is 0.315. The first kappa shape index (κ1) is 9.21. The zero-order valence-electron chi connectivity index (χ0n) is 7.25. The highest BCUT2D eigenvalue weighted by Crippen LogP contribution is 2.29. The van der Waals surface area contributed by atoms with Crippen LogP contribution in [0.1, 0.15) is 27.1 Å². The normalized spacial score (nSPS) is 14.5. The van der Waals surface area contributed by atoms with Gasteiger partial charge in [-0.25, -0.2) is 0 Å². The number of benzene rings is 1. The third kappa shape index (κ3) is 1.40. The second-order valence-corrected chi connectivity index (χ2v) is 3.32. The van der Waals surface area contributed by atoms with E-state index in [1.54, 1.807) is 18.2 Å². The highest BCUT2D eigenvalue weighted by atomic mass is 35.5. The predicted molar refractivity (Wildman–Crippen MR) is 51.1 cm³/mol. The molecule has 0 saturated carbocycles. The van der Waals surface area contributed by atoms with Crippen LogP contribution in [0.2, 0.25) is 0 Å². The Morgan fingerprint density at radius 2 is 2.21 bits per heavy atom. The SMILES string of the molecule is O=C(Cl)c1cccc2c1OCCC2=O. The Bertz CT molecular complexity index is 398. The van der Waals surface area contributed by atoms with E-state index < -0.39 is 5.24 Å². The van der Waals surface area contributed by atoms with Crippen molar-refractivity contribution in [2.45, 2.75) is 6.42 Å². The Morgan fingerprint density at radius 3 is 2.93 bits per heavy atom. The summed E-state index contributed by atoms with van der Waals surface area (Å²) < 4.78 is 5.26. The van der Waals surface area contributed by atoms with Gasteiger partial charge in [-0.15, -0.1) is 0 Å². The Labute approximate surface area is 85.6 Å². The Balaban J connectivity index is 2.60. The second kappa shape index (κ2) is 3.42. The number of carbonyl (C=O) groups is 2. The van der Waals surface area contributed by atoms with Crippen molar-refractivity contribution in [3.05, 3.63) is 29.3 Å². The van der Waals surface area contributed by atoms with Crippen LogP contribution in [0.4, 0.5) is 0 Å². The molecule has 1 aromatic rings. The number of halogens is 1. The van der Waals surface area contributed by atoms with Crippen LogP contribution in [0.15, 0.2) is 18.2 Å². The summed E-state index contributed by atoms with van der Waals surface area (Å²) in [7, 11) is 0. The van der Waals surface area contributed by atoms with E-state index in [0.717, 1.165) is 0 Å². The van der Waals surface area contributed by atoms with Gasteiger partial charge in [0.2, 0.25) is 0 Å². The molecule has 0 radical (unpaired) electrons. The Morgan fingerprint density at radius 1 is 1.43 bits per heavy atom. The van der Waals surface area contributed by atoms with Crippen LogP contribution < -0.4 is 4.74 Å². The van der Waals surface area contributed by atoms with Crippen LogP contribution in [0.3, 0.4) is 0 Å². The van der Waals surface area contributed by atoms with E-state index in [1.807, 2.05) is 0 Å². The molecule has 0 atom stereocenters. The minimum atomic E-state index is -0.600. The molecule has 2 rings (SSSR count). The molecule has 0 unspecified atom stereocenters. The molecule has 3 nitrogen and oxygen atoms in total. The highest BCUT2D eigenvalue weighted by molar-refractivity contribution is 6.68. The maximum Gasteiger partial charge on any atom is 0.256 e. The first-order valence-corrected chi connectivity index (χ1v) is 4.57. The minimum absolute atomic E-state index is 0.00832. The molecule has 14 heavy (non-hydrogen) atoms. The molecule has 72 valence electrons. The van der Waals surface area contributed by atoms with Crippen molar-refractivity contribution in [2.24, 2.45) is 0 Å². The van der Waals surface area contributed by atoms with Crippen LogP contribution in [-0.2, 0) is 0 Å². The van der Waals surface area contributed by atoms with E-state index in [-0.39, 0.29) is 11.3 Å². The van der Waals surface area contributed by atoms with Gasteiger partial charge >= 0.3 is 0 Å². The van der Waals surface area contributed by atoms with Gasteiger partial charge in [0.25, 0.3) is 5.24 Å². The van der Waals surface area contributed by atoms with Crippen molar-refractivity contribution in [1.82, 2.24) is 0 Å². The van der Waals surface area contributed by atoms with Crippen molar-refractivity contribution in [3.63, 3.8) is 0 Å². The summed E-state index contributed by atoms with van der Waals surface area (Å²) in [6.07, 6.45) is 0.354. The number of para-hydroxylation sites is 1. The third-order valence-corrected chi connectivity index (χ3v) is 2.31. The van der Waals surface area contributed by atoms with Crippen molar-refractivity contribution in [3.8, 4) is 5.75 Å². The van der Waals surface area contributed by atoms with Gasteiger partial charge in [-0.2, -0.15) is 0 Å². The lowest BCUT2D eigenvalue weighted by atomic mass is 10.0. The molecule has 1 heterocycles. The topological polar surface area (TPSA) is 43.4 Å². The fourth-order valence-corrected chi connectivity index (χ4v) is 1.60. The van der Waals surface area contributed by atoms with E-state index in [9.17, 15) is 9.59 Å². The summed E-state index contributed by atoms with van der Waals surface area (Å²) in [4.78, 5) is 22.4. The number of hydrogen-bond acceptors (Lipinski definition) is 3. The average molecular weight is 211 g/mol. The van der Waals surface area contributed by atoms with Crippen LogP contribution in [0.5, 0.6) is 5.75 Å². The molecule has 0 aliphatic carbocycles. The van der Waals surface area contributed by atoms with Gasteiger partial charge in [0, 0.05) is 6.42 Å². The molecule has 0 saturated heterocycles. The van der Waals surface area contributed by atoms with Gasteiger partial charge in [0.15, 0.2) is 5.78 Å². The molecule has 0 fully saturated rings. The lowest BCUT2D eigenvalue weighted by molar-refractivity contribution is 0.0932. The zero-order valence-corrected chi connectivity index (χ0v) is 8.00. The zero-order chi connectivity index (χ0) is 10.1. The van der Waals surface area contributed by atoms with Gasteiger partial charge in [-0.1, -0.05) is 6.07 Å². The molecular formula is C10H7ClO3. The quantitative estimate of drug-likeness (QED) is 0.667. The number of Topliss-reactive ketones (excluding diaryl/α,β-unsaturated/α-hetero) is 1. The fraction of sp³-hybridized carbons (Fsp3) is 0.200. The molecule has 0 N–H and O–H groups in total. The van der Waals surface area contributed by atoms with Crippen molar-refractivity contribution >= 4 is 22.6 Å². The molecule has 0 spiro atoms. The summed E-state index contributed by atoms with van der Waals surface area (Å²) in [6.45, 7) is 0.313. The summed E-state index contributed by atoms with van der Waals surface area (Å²) in [5.41, 5.74) is 0.708. The van der Waals surface area contributed by atoms with Crippen LogP contribution in [0, 0.1) is 0 Å². The van der Waals surface area contributed by atoms with E-state index in [1.165, 1.54) is 0 Å². The van der Waals surface area contributed by atoms with Gasteiger partial charge in [0.05, 0.1) is 17.7 Å². The smallest absolute Gasteiger partial charge is 0.256 e. The largest absolute Gasteiger partial charge is 0.492 e. The van der Waals surface area contributed by atoms with Gasteiger partial charge in [-0.05, 0) is 23.7 Å². The molecule has 1 aliphatic rings. The minimum Gasteiger partial charge on any atom is -0.492 e. The maximum absolute atomic E-state index is 11.4. The standard InChI is InChI=1S/C10H7ClO3/c11-10(13)7-3-1-2-6-8(12)4-5-14-9(6)7/h1-3H,4-5H2. The molecule has 4 heteroatoms. The fourth-order valence-electron chi connectivity index (χ4n) is 1.45. The number of carbonyl (C=O) groups excluding carboxylic acids is 2. The Hall–Kier alpha value is -1.35. The van der Waals surface area contributed by atoms with E-state index in [2.05, 4.69) is 0 Å². The van der Waals surface area contributed by atoms with Crippen molar-refractivity contribution < 1.29 is 14.3 Å². The number of rotatable bonds is 1. The number of ether oxygens (including phenoxy) is 1. The van der Waals surface area contributed by atoms with E-state index in [0.29, 0.717) is 24.3 Å². The van der Waals surface area contributed by atoms with Crippen LogP contribution >= 0.6 is 11.6 Å². The lowest BCUT2D eigenvalue weighted by Crippen LogP contribution is -2.17. The average Bonchev–Trinajstić information content (AvgIpc) is 2.17. The molecule has 1 aliphatic heterocycles. The molecule has 0 aromatic heterocycles. The summed E-state index contributed by atoms with van der Waals surface area (Å²) in [5, 5.41) is -0.600. The molecule has 1 aromatic carbocycles. The van der Waals surface area contributed by atoms with Crippen LogP contribution in [0.25, 0.3) is 0 Å². The first-order valence-electron chi connectivity index (χ1n) is 4.19. The molecule has 0 amide bonds. The predicted octanol–water partition coefficient (Wildman–Crippen LogP) is 2.03. The number of fused-ring (bicyclic) bond motifs is 1. The highest BCUT2D eigenvalue weighted by Gasteiger charge is 2.22. The molecular weight excluding hydrogens is 204 g/mol. The molecule has 0 bridgehead atoms. The van der Waals surface area contributed by atoms with Crippen molar-refractivity contribution in [1.29, 1.82) is 0 Å². The van der Waals surface area contributed by atoms with Gasteiger partial charge < -0.3 is 4.74 Å². The van der Waals surface area contributed by atoms with E-state index in [4.69, 9.17) is 16.3 Å². The number of hydrogen-bond donors (Lipinski definition) is 0. The monoisotopic (exact) mass is 210 g/mol. The second-order valence-electron chi connectivity index (χ2n) is 2.98. The van der Waals surface area contributed by atoms with E-state index >= 15 is 0 Å². The third-order valence-electron chi connectivity index (χ3n) is 2.10. The van der Waals surface area contributed by atoms with Gasteiger partial charge in [0.1, 0.15) is 5.75 Å². The first-order chi connectivity index (χ1) is 6.70. The Kier molecular flexibility index (Phi) is 2.25. The summed E-state index contributed by atoms with van der Waals surface area (Å²) >= 11 is 5.36. The lowest BCUT2D eigenvalue weighted by Gasteiger charge is -2.17.